The highest BCUT2D eigenvalue weighted by Crippen LogP contribution is 2.18. The van der Waals surface area contributed by atoms with Gasteiger partial charge in [0.2, 0.25) is 0 Å². The van der Waals surface area contributed by atoms with Crippen molar-refractivity contribution in [1.29, 1.82) is 0 Å². The summed E-state index contributed by atoms with van der Waals surface area (Å²) in [4.78, 5) is 2.38. The van der Waals surface area contributed by atoms with Crippen LogP contribution in [0.25, 0.3) is 0 Å². The number of benzene rings is 1. The largest absolute Gasteiger partial charge is 0.302 e. The number of nitrogens with zero attached hydrogens (tertiary/aromatic N) is 1. The number of aryl methyl sites for hydroxylation is 1. The highest BCUT2D eigenvalue weighted by atomic mass is 15.1. The molecule has 1 aliphatic heterocycles. The first-order chi connectivity index (χ1) is 7.17. The van der Waals surface area contributed by atoms with Gasteiger partial charge in [-0.1, -0.05) is 44.0 Å². The number of likely N-dealkylation sites (N-methyl/N-ethyl adjacent to an activating group) is 1. The lowest BCUT2D eigenvalue weighted by Gasteiger charge is -2.25. The quantitative estimate of drug-likeness (QED) is 0.627. The highest BCUT2D eigenvalue weighted by Gasteiger charge is 2.11. The van der Waals surface area contributed by atoms with Gasteiger partial charge in [0.1, 0.15) is 0 Å². The molecule has 1 heteroatoms. The molecular weight excluding hydrogens is 182 g/mol. The Morgan fingerprint density at radius 1 is 1.20 bits per heavy atom. The molecule has 1 heterocycles. The van der Waals surface area contributed by atoms with Gasteiger partial charge in [-0.15, -0.1) is 0 Å². The summed E-state index contributed by atoms with van der Waals surface area (Å²) in [6.07, 6.45) is 2.46. The van der Waals surface area contributed by atoms with Gasteiger partial charge in [0.15, 0.2) is 0 Å². The van der Waals surface area contributed by atoms with Crippen LogP contribution in [0, 0.1) is 6.92 Å². The van der Waals surface area contributed by atoms with Gasteiger partial charge in [0, 0.05) is 13.1 Å². The van der Waals surface area contributed by atoms with E-state index in [0.29, 0.717) is 0 Å². The van der Waals surface area contributed by atoms with E-state index in [9.17, 15) is 0 Å². The SMILES string of the molecule is CCC.Cc1ccc2c(c1)CN(C)CC2. The Kier molecular flexibility index (Phi) is 4.83. The summed E-state index contributed by atoms with van der Waals surface area (Å²) in [5.74, 6) is 0. The Bertz CT molecular complexity index is 304. The molecule has 0 bridgehead atoms. The maximum Gasteiger partial charge on any atom is 0.0233 e. The van der Waals surface area contributed by atoms with Crippen LogP contribution >= 0.6 is 0 Å². The molecule has 84 valence electrons. The fraction of sp³-hybridized carbons (Fsp3) is 0.571. The van der Waals surface area contributed by atoms with Gasteiger partial charge in [-0.25, -0.2) is 0 Å². The van der Waals surface area contributed by atoms with Crippen LogP contribution in [0.15, 0.2) is 18.2 Å². The lowest BCUT2D eigenvalue weighted by atomic mass is 9.98. The molecule has 0 radical (unpaired) electrons. The van der Waals surface area contributed by atoms with Gasteiger partial charge >= 0.3 is 0 Å². The van der Waals surface area contributed by atoms with E-state index in [4.69, 9.17) is 0 Å². The van der Waals surface area contributed by atoms with Crippen molar-refractivity contribution in [2.45, 2.75) is 40.2 Å². The number of fused-ring (bicyclic) bond motifs is 1. The fourth-order valence-electron chi connectivity index (χ4n) is 1.83. The Labute approximate surface area is 94.1 Å². The van der Waals surface area contributed by atoms with Gasteiger partial charge < -0.3 is 4.90 Å². The standard InChI is InChI=1S/C11H15N.C3H8/c1-9-3-4-10-5-6-12(2)8-11(10)7-9;1-3-2/h3-4,7H,5-6,8H2,1-2H3;3H2,1-2H3. The van der Waals surface area contributed by atoms with Crippen LogP contribution in [0.1, 0.15) is 37.0 Å². The van der Waals surface area contributed by atoms with Crippen molar-refractivity contribution in [1.82, 2.24) is 4.90 Å². The number of rotatable bonds is 0. The Hall–Kier alpha value is -0.820. The lowest BCUT2D eigenvalue weighted by Crippen LogP contribution is -2.26. The average molecular weight is 205 g/mol. The summed E-state index contributed by atoms with van der Waals surface area (Å²) < 4.78 is 0. The third kappa shape index (κ3) is 3.67. The third-order valence-corrected chi connectivity index (χ3v) is 2.56. The Balaban J connectivity index is 0.000000337. The third-order valence-electron chi connectivity index (χ3n) is 2.56. The predicted octanol–water partition coefficient (Wildman–Crippen LogP) is 3.40. The molecule has 0 aromatic heterocycles. The zero-order valence-corrected chi connectivity index (χ0v) is 10.5. The van der Waals surface area contributed by atoms with Gasteiger partial charge in [0.05, 0.1) is 0 Å². The second-order valence-corrected chi connectivity index (χ2v) is 4.47. The summed E-state index contributed by atoms with van der Waals surface area (Å²) in [6, 6.07) is 6.80. The van der Waals surface area contributed by atoms with Crippen LogP contribution in [-0.2, 0) is 13.0 Å². The summed E-state index contributed by atoms with van der Waals surface area (Å²) >= 11 is 0. The van der Waals surface area contributed by atoms with Gasteiger partial charge in [0.25, 0.3) is 0 Å². The molecule has 0 unspecified atom stereocenters. The molecule has 0 saturated heterocycles. The van der Waals surface area contributed by atoms with Crippen molar-refractivity contribution < 1.29 is 0 Å². The molecule has 15 heavy (non-hydrogen) atoms. The van der Waals surface area contributed by atoms with E-state index in [2.05, 4.69) is 50.9 Å². The maximum absolute atomic E-state index is 2.38. The first kappa shape index (κ1) is 12.3. The van der Waals surface area contributed by atoms with Gasteiger partial charge in [-0.3, -0.25) is 0 Å². The van der Waals surface area contributed by atoms with Crippen LogP contribution in [-0.4, -0.2) is 18.5 Å². The summed E-state index contributed by atoms with van der Waals surface area (Å²) in [5.41, 5.74) is 4.44. The minimum Gasteiger partial charge on any atom is -0.302 e. The number of hydrogen-bond acceptors (Lipinski definition) is 1. The first-order valence-corrected chi connectivity index (χ1v) is 5.94. The van der Waals surface area contributed by atoms with E-state index < -0.39 is 0 Å². The molecule has 0 spiro atoms. The van der Waals surface area contributed by atoms with Crippen molar-refractivity contribution in [3.63, 3.8) is 0 Å². The second-order valence-electron chi connectivity index (χ2n) is 4.47. The molecule has 1 nitrogen and oxygen atoms in total. The molecule has 0 amide bonds. The maximum atomic E-state index is 2.38. The molecule has 1 aliphatic rings. The fourth-order valence-corrected chi connectivity index (χ4v) is 1.83. The molecule has 0 fully saturated rings. The lowest BCUT2D eigenvalue weighted by molar-refractivity contribution is 0.313. The zero-order valence-electron chi connectivity index (χ0n) is 10.5. The van der Waals surface area contributed by atoms with E-state index in [1.807, 2.05) is 0 Å². The van der Waals surface area contributed by atoms with E-state index in [1.54, 1.807) is 5.56 Å². The van der Waals surface area contributed by atoms with Crippen molar-refractivity contribution >= 4 is 0 Å². The van der Waals surface area contributed by atoms with E-state index in [1.165, 1.54) is 30.5 Å². The van der Waals surface area contributed by atoms with Crippen molar-refractivity contribution in [3.8, 4) is 0 Å². The highest BCUT2D eigenvalue weighted by molar-refractivity contribution is 5.33. The smallest absolute Gasteiger partial charge is 0.0233 e. The molecular formula is C14H23N. The van der Waals surface area contributed by atoms with Crippen molar-refractivity contribution in [2.24, 2.45) is 0 Å². The summed E-state index contributed by atoms with van der Waals surface area (Å²) in [5, 5.41) is 0. The Morgan fingerprint density at radius 3 is 2.53 bits per heavy atom. The van der Waals surface area contributed by atoms with Crippen LogP contribution in [0.3, 0.4) is 0 Å². The molecule has 0 atom stereocenters. The van der Waals surface area contributed by atoms with Crippen molar-refractivity contribution in [3.05, 3.63) is 34.9 Å². The van der Waals surface area contributed by atoms with Crippen LogP contribution in [0.4, 0.5) is 0 Å². The first-order valence-electron chi connectivity index (χ1n) is 5.94. The van der Waals surface area contributed by atoms with Gasteiger partial charge in [-0.05, 0) is 31.5 Å². The zero-order chi connectivity index (χ0) is 11.3. The second kappa shape index (κ2) is 5.92. The van der Waals surface area contributed by atoms with Gasteiger partial charge in [-0.2, -0.15) is 0 Å². The number of hydrogen-bond donors (Lipinski definition) is 0. The monoisotopic (exact) mass is 205 g/mol. The molecule has 2 rings (SSSR count). The summed E-state index contributed by atoms with van der Waals surface area (Å²) in [7, 11) is 2.19. The molecule has 0 saturated carbocycles. The summed E-state index contributed by atoms with van der Waals surface area (Å²) in [6.45, 7) is 8.74. The normalized spacial score (nSPS) is 15.2. The van der Waals surface area contributed by atoms with E-state index in [-0.39, 0.29) is 0 Å². The predicted molar refractivity (Wildman–Crippen MR) is 67.2 cm³/mol. The molecule has 0 N–H and O–H groups in total. The minimum absolute atomic E-state index is 1.12. The molecule has 0 aliphatic carbocycles. The van der Waals surface area contributed by atoms with Crippen molar-refractivity contribution in [2.75, 3.05) is 13.6 Å². The van der Waals surface area contributed by atoms with Crippen LogP contribution in [0.5, 0.6) is 0 Å². The minimum atomic E-state index is 1.12. The topological polar surface area (TPSA) is 3.24 Å². The molecule has 1 aromatic rings. The van der Waals surface area contributed by atoms with Crippen LogP contribution in [0.2, 0.25) is 0 Å². The van der Waals surface area contributed by atoms with E-state index in [0.717, 1.165) is 6.54 Å². The Morgan fingerprint density at radius 2 is 1.87 bits per heavy atom. The van der Waals surface area contributed by atoms with E-state index >= 15 is 0 Å². The average Bonchev–Trinajstić information content (AvgIpc) is 2.18. The van der Waals surface area contributed by atoms with Crippen LogP contribution < -0.4 is 0 Å². The molecule has 1 aromatic carbocycles.